The molecular formula is C24H22N4O3. The fourth-order valence-corrected chi connectivity index (χ4v) is 3.40. The molecule has 0 unspecified atom stereocenters. The molecular weight excluding hydrogens is 392 g/mol. The van der Waals surface area contributed by atoms with Gasteiger partial charge in [-0.15, -0.1) is 0 Å². The first kappa shape index (κ1) is 20.3. The highest BCUT2D eigenvalue weighted by Gasteiger charge is 2.16. The van der Waals surface area contributed by atoms with Gasteiger partial charge in [-0.25, -0.2) is 9.78 Å². The molecule has 2 heterocycles. The molecule has 7 heteroatoms. The van der Waals surface area contributed by atoms with Crippen molar-refractivity contribution in [3.63, 3.8) is 0 Å². The highest BCUT2D eigenvalue weighted by molar-refractivity contribution is 5.79. The second-order valence-electron chi connectivity index (χ2n) is 7.38. The number of carbonyl (C=O) groups is 1. The van der Waals surface area contributed by atoms with Crippen molar-refractivity contribution in [2.75, 3.05) is 0 Å². The minimum absolute atomic E-state index is 0.119. The fourth-order valence-electron chi connectivity index (χ4n) is 3.40. The summed E-state index contributed by atoms with van der Waals surface area (Å²) in [5.74, 6) is -0.334. The minimum atomic E-state index is -0.564. The van der Waals surface area contributed by atoms with Crippen LogP contribution in [0.3, 0.4) is 0 Å². The molecule has 0 aliphatic rings. The third kappa shape index (κ3) is 4.45. The van der Waals surface area contributed by atoms with E-state index >= 15 is 0 Å². The topological polar surface area (TPSA) is 86.0 Å². The number of pyridine rings is 1. The van der Waals surface area contributed by atoms with Crippen molar-refractivity contribution >= 4 is 16.9 Å². The summed E-state index contributed by atoms with van der Waals surface area (Å²) in [6.07, 6.45) is 1.50. The van der Waals surface area contributed by atoms with Crippen molar-refractivity contribution < 1.29 is 4.79 Å². The van der Waals surface area contributed by atoms with Gasteiger partial charge in [0.15, 0.2) is 0 Å². The van der Waals surface area contributed by atoms with E-state index in [1.165, 1.54) is 10.8 Å². The lowest BCUT2D eigenvalue weighted by atomic mass is 10.1. The molecule has 4 aromatic rings. The van der Waals surface area contributed by atoms with Crippen LogP contribution in [0, 0.1) is 6.92 Å². The van der Waals surface area contributed by atoms with E-state index < -0.39 is 11.2 Å². The molecule has 0 atom stereocenters. The van der Waals surface area contributed by atoms with E-state index in [2.05, 4.69) is 10.3 Å². The van der Waals surface area contributed by atoms with Gasteiger partial charge in [-0.1, -0.05) is 60.2 Å². The Bertz CT molecular complexity index is 1340. The molecule has 0 fully saturated rings. The van der Waals surface area contributed by atoms with Crippen molar-refractivity contribution in [1.82, 2.24) is 19.4 Å². The third-order valence-electron chi connectivity index (χ3n) is 5.08. The Kier molecular flexibility index (Phi) is 5.75. The van der Waals surface area contributed by atoms with Crippen LogP contribution in [0.2, 0.25) is 0 Å². The van der Waals surface area contributed by atoms with Gasteiger partial charge in [0.25, 0.3) is 5.56 Å². The van der Waals surface area contributed by atoms with E-state index in [0.717, 1.165) is 21.3 Å². The number of carbonyl (C=O) groups excluding carboxylic acids is 1. The Balaban J connectivity index is 1.66. The zero-order chi connectivity index (χ0) is 21.8. The minimum Gasteiger partial charge on any atom is -0.350 e. The zero-order valence-electron chi connectivity index (χ0n) is 17.1. The van der Waals surface area contributed by atoms with Crippen LogP contribution in [0.1, 0.15) is 16.7 Å². The number of nitrogens with zero attached hydrogens (tertiary/aromatic N) is 3. The second-order valence-corrected chi connectivity index (χ2v) is 7.38. The molecule has 0 spiro atoms. The SMILES string of the molecule is Cc1ccc(CNC(=O)Cn2c(=O)n(Cc3ccccc3)c(=O)c3cccnc32)cc1. The van der Waals surface area contributed by atoms with Crippen molar-refractivity contribution in [3.05, 3.63) is 110 Å². The highest BCUT2D eigenvalue weighted by Crippen LogP contribution is 2.06. The number of nitrogens with one attached hydrogen (secondary N) is 1. The number of hydrogen-bond donors (Lipinski definition) is 1. The van der Waals surface area contributed by atoms with Gasteiger partial charge in [0.05, 0.1) is 11.9 Å². The van der Waals surface area contributed by atoms with Gasteiger partial charge < -0.3 is 5.32 Å². The number of fused-ring (bicyclic) bond motifs is 1. The van der Waals surface area contributed by atoms with Crippen LogP contribution in [-0.2, 0) is 24.4 Å². The predicted octanol–water partition coefficient (Wildman–Crippen LogP) is 2.23. The van der Waals surface area contributed by atoms with Crippen molar-refractivity contribution in [1.29, 1.82) is 0 Å². The molecule has 0 bridgehead atoms. The van der Waals surface area contributed by atoms with Crippen LogP contribution >= 0.6 is 0 Å². The Hall–Kier alpha value is -4.00. The summed E-state index contributed by atoms with van der Waals surface area (Å²) >= 11 is 0. The van der Waals surface area contributed by atoms with Crippen molar-refractivity contribution in [2.45, 2.75) is 26.6 Å². The molecule has 0 radical (unpaired) electrons. The van der Waals surface area contributed by atoms with Crippen LogP contribution in [0.25, 0.3) is 11.0 Å². The lowest BCUT2D eigenvalue weighted by Crippen LogP contribution is -2.43. The summed E-state index contributed by atoms with van der Waals surface area (Å²) in [5, 5.41) is 3.12. The fraction of sp³-hybridized carbons (Fsp3) is 0.167. The van der Waals surface area contributed by atoms with Crippen LogP contribution in [0.4, 0.5) is 0 Å². The number of aromatic nitrogens is 3. The van der Waals surface area contributed by atoms with E-state index in [4.69, 9.17) is 0 Å². The number of rotatable bonds is 6. The first-order chi connectivity index (χ1) is 15.0. The Morgan fingerprint density at radius 3 is 2.39 bits per heavy atom. The third-order valence-corrected chi connectivity index (χ3v) is 5.08. The summed E-state index contributed by atoms with van der Waals surface area (Å²) in [5.41, 5.74) is 2.13. The van der Waals surface area contributed by atoms with Gasteiger partial charge in [0.2, 0.25) is 5.91 Å². The largest absolute Gasteiger partial charge is 0.350 e. The summed E-state index contributed by atoms with van der Waals surface area (Å²) in [7, 11) is 0. The van der Waals surface area contributed by atoms with E-state index in [1.54, 1.807) is 12.1 Å². The quantitative estimate of drug-likeness (QED) is 0.524. The lowest BCUT2D eigenvalue weighted by Gasteiger charge is -2.13. The van der Waals surface area contributed by atoms with Crippen molar-refractivity contribution in [2.24, 2.45) is 0 Å². The molecule has 1 amide bonds. The van der Waals surface area contributed by atoms with Crippen LogP contribution in [-0.4, -0.2) is 20.0 Å². The maximum Gasteiger partial charge on any atom is 0.333 e. The summed E-state index contributed by atoms with van der Waals surface area (Å²) in [6.45, 7) is 2.24. The maximum absolute atomic E-state index is 13.2. The molecule has 0 aliphatic carbocycles. The molecule has 2 aromatic carbocycles. The van der Waals surface area contributed by atoms with Crippen LogP contribution in [0.5, 0.6) is 0 Å². The van der Waals surface area contributed by atoms with Crippen LogP contribution in [0.15, 0.2) is 82.5 Å². The molecule has 0 saturated heterocycles. The van der Waals surface area contributed by atoms with E-state index in [1.807, 2.05) is 61.5 Å². The number of aryl methyl sites for hydroxylation is 1. The molecule has 7 nitrogen and oxygen atoms in total. The maximum atomic E-state index is 13.2. The summed E-state index contributed by atoms with van der Waals surface area (Å²) in [4.78, 5) is 42.9. The number of hydrogen-bond acceptors (Lipinski definition) is 4. The summed E-state index contributed by atoms with van der Waals surface area (Å²) < 4.78 is 2.40. The molecule has 0 saturated carbocycles. The summed E-state index contributed by atoms with van der Waals surface area (Å²) in [6, 6.07) is 20.3. The second kappa shape index (κ2) is 8.79. The van der Waals surface area contributed by atoms with Gasteiger partial charge in [-0.2, -0.15) is 0 Å². The molecule has 4 rings (SSSR count). The number of benzene rings is 2. The van der Waals surface area contributed by atoms with Gasteiger partial charge in [-0.3, -0.25) is 18.7 Å². The zero-order valence-corrected chi connectivity index (χ0v) is 17.1. The molecule has 31 heavy (non-hydrogen) atoms. The van der Waals surface area contributed by atoms with Gasteiger partial charge >= 0.3 is 5.69 Å². The van der Waals surface area contributed by atoms with E-state index in [-0.39, 0.29) is 24.6 Å². The average Bonchev–Trinajstić information content (AvgIpc) is 2.80. The first-order valence-electron chi connectivity index (χ1n) is 9.97. The molecule has 0 aliphatic heterocycles. The van der Waals surface area contributed by atoms with Crippen LogP contribution < -0.4 is 16.6 Å². The molecule has 1 N–H and O–H groups in total. The Morgan fingerprint density at radius 2 is 1.65 bits per heavy atom. The standard InChI is InChI=1S/C24H22N4O3/c1-17-9-11-18(12-10-17)14-26-21(29)16-27-22-20(8-5-13-25-22)23(30)28(24(27)31)15-19-6-3-2-4-7-19/h2-13H,14-16H2,1H3,(H,26,29). The van der Waals surface area contributed by atoms with Crippen molar-refractivity contribution in [3.8, 4) is 0 Å². The first-order valence-corrected chi connectivity index (χ1v) is 9.97. The van der Waals surface area contributed by atoms with Gasteiger partial charge in [0.1, 0.15) is 12.2 Å². The Labute approximate surface area is 178 Å². The monoisotopic (exact) mass is 414 g/mol. The molecule has 2 aromatic heterocycles. The smallest absolute Gasteiger partial charge is 0.333 e. The van der Waals surface area contributed by atoms with E-state index in [9.17, 15) is 14.4 Å². The average molecular weight is 414 g/mol. The predicted molar refractivity (Wildman–Crippen MR) is 119 cm³/mol. The number of amides is 1. The highest BCUT2D eigenvalue weighted by atomic mass is 16.2. The normalized spacial score (nSPS) is 10.9. The lowest BCUT2D eigenvalue weighted by molar-refractivity contribution is -0.121. The van der Waals surface area contributed by atoms with Gasteiger partial charge in [-0.05, 0) is 30.2 Å². The molecule has 156 valence electrons. The van der Waals surface area contributed by atoms with E-state index in [0.29, 0.717) is 11.9 Å². The Morgan fingerprint density at radius 1 is 0.903 bits per heavy atom. The van der Waals surface area contributed by atoms with Gasteiger partial charge in [0, 0.05) is 12.7 Å².